The Balaban J connectivity index is 0. The van der Waals surface area contributed by atoms with Gasteiger partial charge < -0.3 is 9.84 Å². The molecule has 28 heavy (non-hydrogen) atoms. The van der Waals surface area contributed by atoms with Gasteiger partial charge in [0.2, 0.25) is 0 Å². The summed E-state index contributed by atoms with van der Waals surface area (Å²) in [4.78, 5) is 22.2. The zero-order chi connectivity index (χ0) is 20.2. The predicted molar refractivity (Wildman–Crippen MR) is 112 cm³/mol. The van der Waals surface area contributed by atoms with E-state index in [9.17, 15) is 14.7 Å². The second kappa shape index (κ2) is 22.5. The summed E-state index contributed by atoms with van der Waals surface area (Å²) < 4.78 is 4.88. The Labute approximate surface area is 183 Å². The Morgan fingerprint density at radius 3 is 1.64 bits per heavy atom. The van der Waals surface area contributed by atoms with Crippen LogP contribution in [0.3, 0.4) is 0 Å². The second-order valence-corrected chi connectivity index (χ2v) is 7.58. The summed E-state index contributed by atoms with van der Waals surface area (Å²) in [6.45, 7) is 5.73. The number of rotatable bonds is 20. The van der Waals surface area contributed by atoms with Crippen LogP contribution in [0.15, 0.2) is 12.7 Å². The van der Waals surface area contributed by atoms with Crippen molar-refractivity contribution in [3.05, 3.63) is 12.7 Å². The Hall–Kier alpha value is -0.801. The zero-order valence-electron chi connectivity index (χ0n) is 17.9. The van der Waals surface area contributed by atoms with Crippen LogP contribution in [0.1, 0.15) is 110 Å². The van der Waals surface area contributed by atoms with Crippen molar-refractivity contribution in [3.63, 3.8) is 0 Å². The van der Waals surface area contributed by atoms with Crippen LogP contribution in [0.25, 0.3) is 0 Å². The first-order valence-corrected chi connectivity index (χ1v) is 11.1. The Bertz CT molecular complexity index is 385. The number of esters is 1. The normalized spacial score (nSPS) is 11.5. The molecule has 0 bridgehead atoms. The molecule has 0 saturated heterocycles. The largest absolute Gasteiger partial charge is 0.481 e. The molecule has 1 radical (unpaired) electrons. The van der Waals surface area contributed by atoms with Gasteiger partial charge in [-0.3, -0.25) is 4.79 Å². The van der Waals surface area contributed by atoms with E-state index in [-0.39, 0.29) is 23.7 Å². The molecule has 0 aromatic rings. The second-order valence-electron chi connectivity index (χ2n) is 7.58. The van der Waals surface area contributed by atoms with Gasteiger partial charge in [0.15, 0.2) is 0 Å². The first-order chi connectivity index (χ1) is 13.1. The van der Waals surface area contributed by atoms with E-state index in [0.717, 1.165) is 18.9 Å². The van der Waals surface area contributed by atoms with Gasteiger partial charge in [0.25, 0.3) is 0 Å². The van der Waals surface area contributed by atoms with E-state index < -0.39 is 17.9 Å². The summed E-state index contributed by atoms with van der Waals surface area (Å²) in [6.07, 6.45) is 20.3. The summed E-state index contributed by atoms with van der Waals surface area (Å²) in [5, 5.41) is 9.24. The van der Waals surface area contributed by atoms with E-state index >= 15 is 0 Å². The summed E-state index contributed by atoms with van der Waals surface area (Å²) >= 11 is 0. The van der Waals surface area contributed by atoms with E-state index in [1.807, 2.05) is 0 Å². The van der Waals surface area contributed by atoms with Crippen molar-refractivity contribution in [2.75, 3.05) is 6.61 Å². The van der Waals surface area contributed by atoms with Crippen molar-refractivity contribution in [1.29, 1.82) is 0 Å². The van der Waals surface area contributed by atoms with Crippen molar-refractivity contribution < 1.29 is 36.5 Å². The van der Waals surface area contributed by atoms with E-state index in [1.54, 1.807) is 0 Å². The molecule has 1 atom stereocenters. The van der Waals surface area contributed by atoms with Gasteiger partial charge in [-0.1, -0.05) is 103 Å². The van der Waals surface area contributed by atoms with Crippen molar-refractivity contribution in [2.24, 2.45) is 5.92 Å². The molecule has 0 aliphatic rings. The fourth-order valence-corrected chi connectivity index (χ4v) is 3.34. The maximum absolute atomic E-state index is 11.2. The van der Waals surface area contributed by atoms with Crippen LogP contribution in [0.2, 0.25) is 0 Å². The number of hydrogen-bond acceptors (Lipinski definition) is 3. The molecule has 0 fully saturated rings. The minimum Gasteiger partial charge on any atom is -0.481 e. The first-order valence-electron chi connectivity index (χ1n) is 11.1. The number of unbranched alkanes of at least 4 members (excludes halogenated alkanes) is 13. The van der Waals surface area contributed by atoms with Gasteiger partial charge in [-0.05, 0) is 12.8 Å². The fraction of sp³-hybridized carbons (Fsp3) is 0.826. The molecule has 0 heterocycles. The van der Waals surface area contributed by atoms with Gasteiger partial charge in [0.1, 0.15) is 0 Å². The average Bonchev–Trinajstić information content (AvgIpc) is 2.66. The van der Waals surface area contributed by atoms with E-state index in [2.05, 4.69) is 13.5 Å². The zero-order valence-corrected chi connectivity index (χ0v) is 18.8. The third kappa shape index (κ3) is 19.9. The van der Waals surface area contributed by atoms with Crippen molar-refractivity contribution in [3.8, 4) is 0 Å². The van der Waals surface area contributed by atoms with Crippen LogP contribution in [0.5, 0.6) is 0 Å². The molecule has 0 aliphatic heterocycles. The van der Waals surface area contributed by atoms with Crippen LogP contribution in [0.4, 0.5) is 0 Å². The predicted octanol–water partition coefficient (Wildman–Crippen LogP) is 6.68. The molecule has 0 amide bonds. The molecule has 1 unspecified atom stereocenters. The first kappa shape index (κ1) is 29.4. The molecule has 0 spiro atoms. The Morgan fingerprint density at radius 1 is 0.821 bits per heavy atom. The quantitative estimate of drug-likeness (QED) is 0.0982. The number of carboxylic acid groups (broad SMARTS) is 1. The van der Waals surface area contributed by atoms with Gasteiger partial charge in [0.05, 0.1) is 12.5 Å². The smallest absolute Gasteiger partial charge is 0.330 e. The molecule has 0 aliphatic carbocycles. The summed E-state index contributed by atoms with van der Waals surface area (Å²) in [5.74, 6) is -1.70. The van der Waals surface area contributed by atoms with Crippen LogP contribution < -0.4 is 0 Å². The Morgan fingerprint density at radius 2 is 1.25 bits per heavy atom. The number of carbonyl (C=O) groups is 2. The molecular formula is C23H42CuO4. The van der Waals surface area contributed by atoms with E-state index in [1.165, 1.54) is 77.0 Å². The van der Waals surface area contributed by atoms with Crippen LogP contribution in [-0.2, 0) is 31.4 Å². The number of aliphatic carboxylic acids is 1. The molecule has 1 N–H and O–H groups in total. The van der Waals surface area contributed by atoms with E-state index in [0.29, 0.717) is 12.8 Å². The number of carboxylic acids is 1. The molecule has 0 rings (SSSR count). The number of ether oxygens (including phenoxy) is 1. The minimum atomic E-state index is -0.792. The maximum atomic E-state index is 11.2. The average molecular weight is 446 g/mol. The van der Waals surface area contributed by atoms with Gasteiger partial charge >= 0.3 is 11.9 Å². The molecule has 5 heteroatoms. The molecule has 0 aromatic heterocycles. The SMILES string of the molecule is C=CC(=O)OCCC(CCCCCCCCCCCCCCCC)C(=O)O.[Cu]. The summed E-state index contributed by atoms with van der Waals surface area (Å²) in [5.41, 5.74) is 0. The topological polar surface area (TPSA) is 63.6 Å². The third-order valence-electron chi connectivity index (χ3n) is 5.13. The monoisotopic (exact) mass is 445 g/mol. The minimum absolute atomic E-state index is 0. The van der Waals surface area contributed by atoms with Crippen molar-refractivity contribution in [2.45, 2.75) is 110 Å². The van der Waals surface area contributed by atoms with Crippen LogP contribution in [-0.4, -0.2) is 23.7 Å². The molecule has 4 nitrogen and oxygen atoms in total. The summed E-state index contributed by atoms with van der Waals surface area (Å²) in [6, 6.07) is 0. The molecule has 0 saturated carbocycles. The molecular weight excluding hydrogens is 404 g/mol. The standard InChI is InChI=1S/C23H42O4.Cu/c1-3-5-6-7-8-9-10-11-12-13-14-15-16-17-18-21(23(25)26)19-20-27-22(24)4-2;/h4,21H,2-3,5-20H2,1H3,(H,25,26);. The molecule has 169 valence electrons. The van der Waals surface area contributed by atoms with Gasteiger partial charge in [0, 0.05) is 23.1 Å². The Kier molecular flexibility index (Phi) is 23.6. The van der Waals surface area contributed by atoms with Gasteiger partial charge in [-0.15, -0.1) is 0 Å². The van der Waals surface area contributed by atoms with E-state index in [4.69, 9.17) is 4.74 Å². The molecule has 0 aromatic carbocycles. The van der Waals surface area contributed by atoms with Crippen molar-refractivity contribution in [1.82, 2.24) is 0 Å². The van der Waals surface area contributed by atoms with Crippen LogP contribution in [0, 0.1) is 5.92 Å². The number of hydrogen-bond donors (Lipinski definition) is 1. The number of carbonyl (C=O) groups excluding carboxylic acids is 1. The van der Waals surface area contributed by atoms with Gasteiger partial charge in [-0.25, -0.2) is 4.79 Å². The fourth-order valence-electron chi connectivity index (χ4n) is 3.34. The van der Waals surface area contributed by atoms with Crippen LogP contribution >= 0.6 is 0 Å². The maximum Gasteiger partial charge on any atom is 0.330 e. The summed E-state index contributed by atoms with van der Waals surface area (Å²) in [7, 11) is 0. The van der Waals surface area contributed by atoms with Crippen molar-refractivity contribution >= 4 is 11.9 Å². The van der Waals surface area contributed by atoms with Gasteiger partial charge in [-0.2, -0.15) is 0 Å². The third-order valence-corrected chi connectivity index (χ3v) is 5.13.